The molecule has 49 heavy (non-hydrogen) atoms. The summed E-state index contributed by atoms with van der Waals surface area (Å²) < 4.78 is 83.1. The molecule has 25 heteroatoms. The Morgan fingerprint density at radius 1 is 0.816 bits per heavy atom. The molecule has 4 aromatic rings. The van der Waals surface area contributed by atoms with Gasteiger partial charge in [-0.1, -0.05) is 12.2 Å². The van der Waals surface area contributed by atoms with E-state index in [1.807, 2.05) is 0 Å². The number of fused-ring (bicyclic) bond motifs is 8. The fourth-order valence-corrected chi connectivity index (χ4v) is 9.35. The number of imidazole rings is 2. The van der Waals surface area contributed by atoms with E-state index in [2.05, 4.69) is 58.1 Å². The molecule has 0 radical (unpaired) electrons. The van der Waals surface area contributed by atoms with Crippen molar-refractivity contribution in [2.75, 3.05) is 36.9 Å². The van der Waals surface area contributed by atoms with Gasteiger partial charge in [0.2, 0.25) is 0 Å². The van der Waals surface area contributed by atoms with Crippen LogP contribution in [0.4, 0.5) is 20.4 Å². The van der Waals surface area contributed by atoms with Gasteiger partial charge in [0.1, 0.15) is 37.1 Å². The van der Waals surface area contributed by atoms with E-state index in [1.54, 1.807) is 0 Å². The van der Waals surface area contributed by atoms with Crippen molar-refractivity contribution in [1.82, 2.24) is 44.4 Å². The Morgan fingerprint density at radius 2 is 1.33 bits per heavy atom. The molecule has 6 aliphatic rings. The lowest BCUT2D eigenvalue weighted by Gasteiger charge is -2.29. The molecule has 0 aromatic carbocycles. The van der Waals surface area contributed by atoms with Crippen LogP contribution in [0.25, 0.3) is 22.3 Å². The van der Waals surface area contributed by atoms with Gasteiger partial charge in [-0.15, -0.1) is 0 Å². The minimum absolute atomic E-state index is 0.0655. The summed E-state index contributed by atoms with van der Waals surface area (Å²) in [5.74, 6) is 0.823. The molecule has 0 aliphatic carbocycles. The zero-order valence-electron chi connectivity index (χ0n) is 24.8. The molecule has 0 amide bonds. The second-order valence-corrected chi connectivity index (χ2v) is 17.6. The van der Waals surface area contributed by atoms with Gasteiger partial charge in [0.05, 0.1) is 25.9 Å². The van der Waals surface area contributed by atoms with Crippen LogP contribution >= 0.6 is 25.8 Å². The number of hydrogen-bond donors (Lipinski definition) is 5. The Hall–Kier alpha value is -2.53. The first-order valence-electron chi connectivity index (χ1n) is 15.0. The van der Waals surface area contributed by atoms with Crippen molar-refractivity contribution in [3.8, 4) is 0 Å². The molecule has 4 saturated heterocycles. The number of ether oxygens (including phenoxy) is 2. The van der Waals surface area contributed by atoms with Gasteiger partial charge in [-0.3, -0.25) is 22.7 Å². The van der Waals surface area contributed by atoms with E-state index in [1.165, 1.54) is 34.4 Å². The number of anilines is 2. The monoisotopic (exact) mass is 761 g/mol. The van der Waals surface area contributed by atoms with Crippen LogP contribution in [0, 0.1) is 0 Å². The highest BCUT2D eigenvalue weighted by Gasteiger charge is 2.54. The van der Waals surface area contributed by atoms with Crippen molar-refractivity contribution < 1.29 is 45.8 Å². The standard InChI is InChI=1S/C24H27F2N11O8P2S2/c25-13-17-11-3-40-47(39,49)45-18-12(4-41-46(38,48)44-17)43-24(14(18)26)37-8-34-16-20(30-6-32-22(16)37)28-2-10-9(35-10)1-27-19-15-21(31-5-29-19)36(7-33-15)23(13)42-11/h5-14,17-18,23-24,35H,1-4H2,(H,38,48)(H,39,49)(H,27,29,31)(H,28,30,32)/t9?,10?,11-,12-,13-,14-,17-,18-,23-,24?,46?,47?/m1/s1. The highest BCUT2D eigenvalue weighted by molar-refractivity contribution is 8.44. The van der Waals surface area contributed by atoms with Crippen LogP contribution in [0.3, 0.4) is 0 Å². The number of rotatable bonds is 0. The Morgan fingerprint density at radius 3 is 1.88 bits per heavy atom. The lowest BCUT2D eigenvalue weighted by Crippen LogP contribution is -2.37. The van der Waals surface area contributed by atoms with E-state index < -0.39 is 75.9 Å². The average Bonchev–Trinajstić information content (AvgIpc) is 3.34. The van der Waals surface area contributed by atoms with Gasteiger partial charge in [0.15, 0.2) is 58.8 Å². The molecule has 5 unspecified atom stereocenters. The first-order chi connectivity index (χ1) is 23.6. The van der Waals surface area contributed by atoms with Crippen LogP contribution in [-0.4, -0.2) is 119 Å². The van der Waals surface area contributed by atoms with Crippen molar-refractivity contribution in [2.45, 2.75) is 61.3 Å². The van der Waals surface area contributed by atoms with Gasteiger partial charge >= 0.3 is 13.5 Å². The normalized spacial score (nSPS) is 40.8. The molecule has 19 nitrogen and oxygen atoms in total. The number of aromatic nitrogens is 8. The number of thiol groups is 1. The molecule has 10 rings (SSSR count). The Kier molecular flexibility index (Phi) is 7.95. The second-order valence-electron chi connectivity index (χ2n) is 11.9. The van der Waals surface area contributed by atoms with Crippen molar-refractivity contribution in [1.29, 1.82) is 0 Å². The zero-order chi connectivity index (χ0) is 33.7. The highest BCUT2D eigenvalue weighted by atomic mass is 32.7. The van der Waals surface area contributed by atoms with E-state index in [0.29, 0.717) is 35.8 Å². The maximum atomic E-state index is 16.3. The summed E-state index contributed by atoms with van der Waals surface area (Å²) in [6.07, 6.45) is -7.31. The van der Waals surface area contributed by atoms with Crippen LogP contribution in [0.15, 0.2) is 25.3 Å². The second kappa shape index (κ2) is 12.0. The number of nitrogens with zero attached hydrogens (tertiary/aromatic N) is 8. The maximum Gasteiger partial charge on any atom is 0.386 e. The molecule has 4 fully saturated rings. The van der Waals surface area contributed by atoms with E-state index in [4.69, 9.17) is 39.4 Å². The number of hydrogen-bond acceptors (Lipinski definition) is 17. The summed E-state index contributed by atoms with van der Waals surface area (Å²) in [6.45, 7) is -8.87. The average molecular weight is 762 g/mol. The fourth-order valence-electron chi connectivity index (χ4n) is 6.43. The van der Waals surface area contributed by atoms with E-state index in [-0.39, 0.29) is 23.4 Å². The Bertz CT molecular complexity index is 1890. The number of nitrogens with one attached hydrogen (secondary N) is 3. The smallest absolute Gasteiger partial charge is 0.366 e. The van der Waals surface area contributed by atoms with Crippen LogP contribution < -0.4 is 16.0 Å². The topological polar surface area (TPSA) is 226 Å². The lowest BCUT2D eigenvalue weighted by atomic mass is 10.1. The molecule has 14 bridgehead atoms. The van der Waals surface area contributed by atoms with Crippen molar-refractivity contribution in [3.63, 3.8) is 0 Å². The highest BCUT2D eigenvalue weighted by Crippen LogP contribution is 2.58. The number of alkyl halides is 2. The third-order valence-electron chi connectivity index (χ3n) is 8.90. The Labute approximate surface area is 284 Å². The van der Waals surface area contributed by atoms with Gasteiger partial charge in [-0.25, -0.2) is 43.2 Å². The molecule has 262 valence electrons. The van der Waals surface area contributed by atoms with Crippen LogP contribution in [0.1, 0.15) is 12.5 Å². The van der Waals surface area contributed by atoms with E-state index >= 15 is 8.78 Å². The van der Waals surface area contributed by atoms with Gasteiger partial charge in [0, 0.05) is 25.2 Å². The quantitative estimate of drug-likeness (QED) is 0.0969. The van der Waals surface area contributed by atoms with Crippen molar-refractivity contribution in [2.24, 2.45) is 0 Å². The molecular formula is C24H27F2N11O8P2S2. The minimum Gasteiger partial charge on any atom is -0.366 e. The van der Waals surface area contributed by atoms with Crippen molar-refractivity contribution >= 4 is 71.5 Å². The first-order valence-corrected chi connectivity index (χ1v) is 20.3. The minimum atomic E-state index is -4.38. The number of halogens is 2. The molecule has 0 spiro atoms. The first kappa shape index (κ1) is 32.4. The fraction of sp³-hybridized carbons (Fsp3) is 0.583. The van der Waals surface area contributed by atoms with Gasteiger partial charge < -0.3 is 34.8 Å². The molecule has 4 aromatic heterocycles. The SMILES string of the molecule is O=P1(S)OC[C@H]2OC3[C@H](F)[C@@H]2OP(O)(=S)OC[C@H]2O[C@H]([C@H](F)[C@@H]2O1)n1cnc2c(ncnc21)NCC1NC1CNc1ncnc2c1ncn23. The third-order valence-corrected chi connectivity index (χ3v) is 12.1. The summed E-state index contributed by atoms with van der Waals surface area (Å²) >= 11 is 9.30. The summed E-state index contributed by atoms with van der Waals surface area (Å²) in [4.78, 5) is 37.1. The summed E-state index contributed by atoms with van der Waals surface area (Å²) in [7, 11) is 0. The predicted molar refractivity (Wildman–Crippen MR) is 171 cm³/mol. The molecule has 6 aliphatic heterocycles. The van der Waals surface area contributed by atoms with Gasteiger partial charge in [-0.2, -0.15) is 0 Å². The molecular weight excluding hydrogens is 734 g/mol. The molecule has 12 atom stereocenters. The Balaban J connectivity index is 1.12. The van der Waals surface area contributed by atoms with E-state index in [0.717, 1.165) is 0 Å². The van der Waals surface area contributed by atoms with Crippen LogP contribution in [-0.2, 0) is 43.9 Å². The summed E-state index contributed by atoms with van der Waals surface area (Å²) in [5, 5.41) is 9.90. The maximum absolute atomic E-state index is 16.3. The summed E-state index contributed by atoms with van der Waals surface area (Å²) in [5.41, 5.74) is 1.17. The molecule has 10 heterocycles. The predicted octanol–water partition coefficient (Wildman–Crippen LogP) is 1.39. The molecule has 4 N–H and O–H groups in total. The third kappa shape index (κ3) is 5.82. The van der Waals surface area contributed by atoms with Gasteiger partial charge in [-0.05, 0) is 11.8 Å². The summed E-state index contributed by atoms with van der Waals surface area (Å²) in [6, 6.07) is 0.131. The van der Waals surface area contributed by atoms with Crippen molar-refractivity contribution in [3.05, 3.63) is 25.3 Å². The van der Waals surface area contributed by atoms with Crippen LogP contribution in [0.5, 0.6) is 0 Å². The molecule has 0 saturated carbocycles. The van der Waals surface area contributed by atoms with Gasteiger partial charge in [0.25, 0.3) is 0 Å². The lowest BCUT2D eigenvalue weighted by molar-refractivity contribution is -0.0564. The van der Waals surface area contributed by atoms with Crippen LogP contribution in [0.2, 0.25) is 0 Å². The van der Waals surface area contributed by atoms with E-state index in [9.17, 15) is 9.46 Å². The zero-order valence-corrected chi connectivity index (χ0v) is 28.3. The largest absolute Gasteiger partial charge is 0.386 e.